The highest BCUT2D eigenvalue weighted by Gasteiger charge is 2.16. The van der Waals surface area contributed by atoms with Crippen LogP contribution in [0.25, 0.3) is 0 Å². The van der Waals surface area contributed by atoms with E-state index in [2.05, 4.69) is 10.1 Å². The number of rotatable bonds is 9. The molecule has 0 aromatic heterocycles. The van der Waals surface area contributed by atoms with Gasteiger partial charge in [0.15, 0.2) is 17.4 Å². The quantitative estimate of drug-likeness (QED) is 0.747. The van der Waals surface area contributed by atoms with E-state index >= 15 is 0 Å². The monoisotopic (exact) mass is 345 g/mol. The van der Waals surface area contributed by atoms with Crippen LogP contribution in [0.15, 0.2) is 12.1 Å². The summed E-state index contributed by atoms with van der Waals surface area (Å²) < 4.78 is 37.0. The van der Waals surface area contributed by atoms with Gasteiger partial charge in [-0.15, -0.1) is 0 Å². The minimum atomic E-state index is -0.871. The van der Waals surface area contributed by atoms with Crippen LogP contribution in [0.1, 0.15) is 6.42 Å². The molecule has 0 aliphatic rings. The van der Waals surface area contributed by atoms with E-state index in [1.165, 1.54) is 7.11 Å². The lowest BCUT2D eigenvalue weighted by atomic mass is 10.2. The summed E-state index contributed by atoms with van der Waals surface area (Å²) >= 11 is 0. The minimum absolute atomic E-state index is 0.0332. The Morgan fingerprint density at radius 3 is 2.25 bits per heavy atom. The molecule has 1 rings (SSSR count). The summed E-state index contributed by atoms with van der Waals surface area (Å²) in [6, 6.07) is 1.61. The van der Waals surface area contributed by atoms with Crippen LogP contribution in [-0.2, 0) is 4.74 Å². The van der Waals surface area contributed by atoms with Gasteiger partial charge in [-0.1, -0.05) is 0 Å². The number of halogens is 2. The second-order valence-corrected chi connectivity index (χ2v) is 5.54. The van der Waals surface area contributed by atoms with Crippen molar-refractivity contribution >= 4 is 11.7 Å². The van der Waals surface area contributed by atoms with E-state index in [9.17, 15) is 13.6 Å². The highest BCUT2D eigenvalue weighted by molar-refractivity contribution is 5.89. The molecule has 0 fully saturated rings. The van der Waals surface area contributed by atoms with Gasteiger partial charge in [-0.25, -0.2) is 13.6 Å². The average molecular weight is 345 g/mol. The predicted octanol–water partition coefficient (Wildman–Crippen LogP) is 2.41. The summed E-state index contributed by atoms with van der Waals surface area (Å²) in [4.78, 5) is 15.9. The molecule has 0 radical (unpaired) electrons. The third kappa shape index (κ3) is 6.29. The Morgan fingerprint density at radius 2 is 1.75 bits per heavy atom. The fourth-order valence-electron chi connectivity index (χ4n) is 2.12. The number of hydrogen-bond acceptors (Lipinski definition) is 4. The largest absolute Gasteiger partial charge is 0.491 e. The molecule has 1 aromatic carbocycles. The van der Waals surface area contributed by atoms with E-state index in [1.807, 2.05) is 19.0 Å². The average Bonchev–Trinajstić information content (AvgIpc) is 2.50. The van der Waals surface area contributed by atoms with Crippen LogP contribution in [0.3, 0.4) is 0 Å². The number of amides is 2. The number of carbonyl (C=O) groups is 1. The Labute approximate surface area is 141 Å². The van der Waals surface area contributed by atoms with Crippen molar-refractivity contribution in [3.8, 4) is 5.75 Å². The van der Waals surface area contributed by atoms with Crippen molar-refractivity contribution in [2.75, 3.05) is 59.9 Å². The zero-order chi connectivity index (χ0) is 18.1. The first-order chi connectivity index (χ1) is 11.4. The summed E-state index contributed by atoms with van der Waals surface area (Å²) in [6.45, 7) is 2.09. The normalized spacial score (nSPS) is 10.8. The molecule has 6 nitrogen and oxygen atoms in total. The number of anilines is 1. The predicted molar refractivity (Wildman–Crippen MR) is 88.5 cm³/mol. The van der Waals surface area contributed by atoms with Gasteiger partial charge >= 0.3 is 6.03 Å². The van der Waals surface area contributed by atoms with Crippen LogP contribution in [0.2, 0.25) is 0 Å². The summed E-state index contributed by atoms with van der Waals surface area (Å²) in [5.41, 5.74) is 0.0332. The van der Waals surface area contributed by atoms with E-state index in [-0.39, 0.29) is 5.69 Å². The van der Waals surface area contributed by atoms with Gasteiger partial charge in [0.1, 0.15) is 0 Å². The van der Waals surface area contributed by atoms with E-state index in [0.29, 0.717) is 19.7 Å². The molecule has 24 heavy (non-hydrogen) atoms. The second kappa shape index (κ2) is 10.0. The van der Waals surface area contributed by atoms with Gasteiger partial charge in [0.2, 0.25) is 0 Å². The van der Waals surface area contributed by atoms with Crippen molar-refractivity contribution in [2.24, 2.45) is 0 Å². The minimum Gasteiger partial charge on any atom is -0.491 e. The van der Waals surface area contributed by atoms with Crippen LogP contribution in [0.4, 0.5) is 19.3 Å². The number of nitrogens with zero attached hydrogens (tertiary/aromatic N) is 2. The molecule has 0 unspecified atom stereocenters. The summed E-state index contributed by atoms with van der Waals surface area (Å²) in [6.07, 6.45) is 0.773. The third-order valence-electron chi connectivity index (χ3n) is 3.34. The number of carbonyl (C=O) groups excluding carboxylic acids is 1. The lowest BCUT2D eigenvalue weighted by Crippen LogP contribution is -2.39. The van der Waals surface area contributed by atoms with Crippen LogP contribution < -0.4 is 10.1 Å². The fraction of sp³-hybridized carbons (Fsp3) is 0.562. The molecular weight excluding hydrogens is 320 g/mol. The zero-order valence-corrected chi connectivity index (χ0v) is 14.6. The molecular formula is C16H25F2N3O3. The fourth-order valence-corrected chi connectivity index (χ4v) is 2.12. The topological polar surface area (TPSA) is 54.0 Å². The maximum absolute atomic E-state index is 13.7. The molecule has 0 saturated heterocycles. The van der Waals surface area contributed by atoms with Gasteiger partial charge in [-0.2, -0.15) is 0 Å². The Hall–Kier alpha value is -1.93. The van der Waals surface area contributed by atoms with Gasteiger partial charge in [-0.05, 0) is 27.1 Å². The van der Waals surface area contributed by atoms with Crippen molar-refractivity contribution in [3.05, 3.63) is 23.8 Å². The number of benzene rings is 1. The standard InChI is InChI=1S/C16H25F2N3O3/c1-20(2)6-5-7-21(8-9-23-3)16(22)19-12-10-13(17)15(24-4)14(18)11-12/h10-11H,5-9H2,1-4H3,(H,19,22). The Bertz CT molecular complexity index is 518. The summed E-state index contributed by atoms with van der Waals surface area (Å²) in [7, 11) is 6.62. The molecule has 2 amide bonds. The molecule has 8 heteroatoms. The second-order valence-electron chi connectivity index (χ2n) is 5.54. The van der Waals surface area contributed by atoms with Crippen LogP contribution >= 0.6 is 0 Å². The molecule has 0 atom stereocenters. The van der Waals surface area contributed by atoms with Crippen molar-refractivity contribution in [2.45, 2.75) is 6.42 Å². The van der Waals surface area contributed by atoms with Crippen LogP contribution in [0.5, 0.6) is 5.75 Å². The first-order valence-electron chi connectivity index (χ1n) is 7.61. The molecule has 0 aliphatic heterocycles. The first kappa shape index (κ1) is 20.1. The summed E-state index contributed by atoms with van der Waals surface area (Å²) in [5, 5.41) is 2.50. The Morgan fingerprint density at radius 1 is 1.12 bits per heavy atom. The number of methoxy groups -OCH3 is 2. The number of nitrogens with one attached hydrogen (secondary N) is 1. The lowest BCUT2D eigenvalue weighted by molar-refractivity contribution is 0.153. The smallest absolute Gasteiger partial charge is 0.321 e. The Kier molecular flexibility index (Phi) is 8.42. The van der Waals surface area contributed by atoms with E-state index in [0.717, 1.165) is 25.1 Å². The first-order valence-corrected chi connectivity index (χ1v) is 7.61. The maximum Gasteiger partial charge on any atom is 0.321 e. The molecule has 0 aliphatic carbocycles. The van der Waals surface area contributed by atoms with E-state index in [4.69, 9.17) is 4.74 Å². The van der Waals surface area contributed by atoms with E-state index in [1.54, 1.807) is 12.0 Å². The van der Waals surface area contributed by atoms with Gasteiger partial charge < -0.3 is 24.6 Å². The highest BCUT2D eigenvalue weighted by atomic mass is 19.1. The SMILES string of the molecule is COCCN(CCCN(C)C)C(=O)Nc1cc(F)c(OC)c(F)c1. The zero-order valence-electron chi connectivity index (χ0n) is 14.6. The molecule has 1 aromatic rings. The number of hydrogen-bond donors (Lipinski definition) is 1. The lowest BCUT2D eigenvalue weighted by Gasteiger charge is -2.23. The van der Waals surface area contributed by atoms with Crippen LogP contribution in [-0.4, -0.2) is 70.4 Å². The van der Waals surface area contributed by atoms with Gasteiger partial charge in [-0.3, -0.25) is 0 Å². The van der Waals surface area contributed by atoms with Crippen LogP contribution in [0, 0.1) is 11.6 Å². The van der Waals surface area contributed by atoms with Gasteiger partial charge in [0.05, 0.1) is 13.7 Å². The third-order valence-corrected chi connectivity index (χ3v) is 3.34. The molecule has 0 heterocycles. The Balaban J connectivity index is 2.75. The van der Waals surface area contributed by atoms with Crippen molar-refractivity contribution in [1.82, 2.24) is 9.80 Å². The summed E-state index contributed by atoms with van der Waals surface area (Å²) in [5.74, 6) is -2.22. The molecule has 0 spiro atoms. The number of ether oxygens (including phenoxy) is 2. The highest BCUT2D eigenvalue weighted by Crippen LogP contribution is 2.25. The molecule has 136 valence electrons. The van der Waals surface area contributed by atoms with Crippen molar-refractivity contribution in [3.63, 3.8) is 0 Å². The van der Waals surface area contributed by atoms with Gasteiger partial charge in [0.25, 0.3) is 0 Å². The van der Waals surface area contributed by atoms with E-state index < -0.39 is 23.4 Å². The molecule has 0 saturated carbocycles. The van der Waals surface area contributed by atoms with Gasteiger partial charge in [0, 0.05) is 38.0 Å². The maximum atomic E-state index is 13.7. The molecule has 1 N–H and O–H groups in total. The van der Waals surface area contributed by atoms with Crippen molar-refractivity contribution < 1.29 is 23.0 Å². The number of urea groups is 1. The molecule has 0 bridgehead atoms. The van der Waals surface area contributed by atoms with Crippen molar-refractivity contribution in [1.29, 1.82) is 0 Å².